The van der Waals surface area contributed by atoms with Gasteiger partial charge in [-0.1, -0.05) is 130 Å². The van der Waals surface area contributed by atoms with Crippen molar-refractivity contribution in [2.45, 2.75) is 246 Å². The molecule has 0 spiro atoms. The predicted octanol–water partition coefficient (Wildman–Crippen LogP) is 22.1. The molecule has 0 N–H and O–H groups in total. The van der Waals surface area contributed by atoms with E-state index in [4.69, 9.17) is 15.1 Å². The lowest BCUT2D eigenvalue weighted by molar-refractivity contribution is -0.661. The number of nitrogens with zero attached hydrogens (tertiary/aromatic N) is 5. The van der Waals surface area contributed by atoms with Crippen LogP contribution in [0.1, 0.15) is 288 Å². The van der Waals surface area contributed by atoms with E-state index in [2.05, 4.69) is 215 Å². The Bertz CT molecular complexity index is 5820. The summed E-state index contributed by atoms with van der Waals surface area (Å²) in [4.78, 5) is 0. The molecule has 0 saturated heterocycles. The van der Waals surface area contributed by atoms with Crippen molar-refractivity contribution in [2.24, 2.45) is 52.0 Å². The highest BCUT2D eigenvalue weighted by Gasteiger charge is 2.62. The monoisotopic (exact) mass is 1420 g/mol. The summed E-state index contributed by atoms with van der Waals surface area (Å²) in [7, 11) is 10.4. The zero-order chi connectivity index (χ0) is 85.2. The third kappa shape index (κ3) is 11.9. The molecule has 8 atom stereocenters. The van der Waals surface area contributed by atoms with Gasteiger partial charge in [-0.05, 0) is 297 Å². The van der Waals surface area contributed by atoms with Gasteiger partial charge in [0.2, 0.25) is 28.5 Å². The molecule has 0 aliphatic heterocycles. The Labute approximate surface area is 654 Å². The van der Waals surface area contributed by atoms with E-state index in [1.54, 1.807) is 46.5 Å². The second-order valence-corrected chi connectivity index (χ2v) is 35.6. The molecule has 5 heteroatoms. The molecular weight excluding hydrogens is 1280 g/mol. The normalized spacial score (nSPS) is 30.1. The van der Waals surface area contributed by atoms with Crippen LogP contribution in [-0.2, 0) is 52.4 Å². The van der Waals surface area contributed by atoms with Crippen molar-refractivity contribution in [1.29, 1.82) is 0 Å². The van der Waals surface area contributed by atoms with E-state index in [0.717, 1.165) is 87.9 Å². The van der Waals surface area contributed by atoms with Gasteiger partial charge in [0.1, 0.15) is 35.2 Å². The van der Waals surface area contributed by atoms with E-state index < -0.39 is 43.7 Å². The summed E-state index contributed by atoms with van der Waals surface area (Å²) in [5, 5.41) is 0. The summed E-state index contributed by atoms with van der Waals surface area (Å²) >= 11 is 0. The van der Waals surface area contributed by atoms with Gasteiger partial charge in [-0.3, -0.25) is 0 Å². The van der Waals surface area contributed by atoms with Crippen LogP contribution in [0.4, 0.5) is 0 Å². The molecule has 106 heavy (non-hydrogen) atoms. The number of aromatic nitrogens is 5. The van der Waals surface area contributed by atoms with Gasteiger partial charge in [0, 0.05) is 113 Å². The minimum atomic E-state index is -2.14. The molecular formula is C101H122N5+5. The van der Waals surface area contributed by atoms with Gasteiger partial charge in [0.25, 0.3) is 0 Å². The molecule has 5 aromatic carbocycles. The summed E-state index contributed by atoms with van der Waals surface area (Å²) in [6.45, 7) is 27.1. The molecule has 11 aliphatic carbocycles. The number of hydrogen-bond acceptors (Lipinski definition) is 0. The third-order valence-electron chi connectivity index (χ3n) is 28.5. The fourth-order valence-electron chi connectivity index (χ4n) is 21.6. The topological polar surface area (TPSA) is 19.4 Å². The third-order valence-corrected chi connectivity index (χ3v) is 28.5. The average molecular weight is 1420 g/mol. The van der Waals surface area contributed by atoms with Crippen LogP contribution in [0.2, 0.25) is 0 Å². The molecule has 5 heterocycles. The van der Waals surface area contributed by atoms with Gasteiger partial charge in [-0.25, -0.2) is 22.8 Å². The van der Waals surface area contributed by atoms with E-state index in [0.29, 0.717) is 52.7 Å². The lowest BCUT2D eigenvalue weighted by Crippen LogP contribution is -2.37. The second-order valence-electron chi connectivity index (χ2n) is 35.6. The molecule has 8 unspecified atom stereocenters. The molecule has 5 saturated carbocycles. The van der Waals surface area contributed by atoms with Crippen molar-refractivity contribution >= 4 is 0 Å². The number of pyridine rings is 5. The van der Waals surface area contributed by atoms with Crippen LogP contribution in [0.15, 0.2) is 152 Å². The molecule has 5 fully saturated rings. The molecule has 21 rings (SSSR count). The zero-order valence-corrected chi connectivity index (χ0v) is 67.0. The fourth-order valence-corrected chi connectivity index (χ4v) is 21.6. The Morgan fingerprint density at radius 2 is 0.736 bits per heavy atom. The van der Waals surface area contributed by atoms with Crippen LogP contribution in [0.3, 0.4) is 0 Å². The molecule has 5 nitrogen and oxygen atoms in total. The molecule has 10 aromatic rings. The van der Waals surface area contributed by atoms with E-state index in [1.165, 1.54) is 110 Å². The highest BCUT2D eigenvalue weighted by Crippen LogP contribution is 2.69. The minimum Gasteiger partial charge on any atom is -0.201 e. The van der Waals surface area contributed by atoms with Gasteiger partial charge >= 0.3 is 0 Å². The molecule has 0 amide bonds. The maximum Gasteiger partial charge on any atom is 0.212 e. The Morgan fingerprint density at radius 3 is 1.24 bits per heavy atom. The Kier molecular flexibility index (Phi) is 14.8. The predicted molar refractivity (Wildman–Crippen MR) is 437 cm³/mol. The second kappa shape index (κ2) is 26.6. The van der Waals surface area contributed by atoms with Crippen LogP contribution in [-0.4, -0.2) is 0 Å². The van der Waals surface area contributed by atoms with Crippen LogP contribution in [0.25, 0.3) is 56.3 Å². The smallest absolute Gasteiger partial charge is 0.201 e. The Balaban J connectivity index is 0.000000110. The number of hydrogen-bond donors (Lipinski definition) is 0. The van der Waals surface area contributed by atoms with Crippen molar-refractivity contribution in [2.75, 3.05) is 0 Å². The van der Waals surface area contributed by atoms with Crippen molar-refractivity contribution in [3.63, 3.8) is 0 Å². The molecule has 0 radical (unpaired) electrons. The maximum absolute atomic E-state index is 9.29. The van der Waals surface area contributed by atoms with E-state index in [1.807, 2.05) is 67.7 Å². The number of benzene rings is 5. The number of rotatable bonds is 5. The van der Waals surface area contributed by atoms with E-state index in [-0.39, 0.29) is 16.7 Å². The standard InChI is InChI=1S/2C22H28N.3C19H22N/c2*1-14-7-8-16(15(2)11-14)20-12-17-18-9-10-22(5,21(18,3)4)19(17)13-23(20)6;2*1-12-4-7-16(13(2)8-12)19-10-17-14-5-6-15(9-14)18(17)11-20(19)3;1-12-4-5-17(13(2)6-12)19-10-18-15-7-14(8-15)9-16(18)11-20(19)3/h2*7-8,11-13,18H,9-10H2,1-6H3;2*4,7-8,10-11,14-15H,5-6,9H2,1-3H3;4-6,10-11,14-15H,7-9H2,1-3H3/q5*+1/i18D;;1D3,14D,15D;;1D3,9D2,15D. The average Bonchev–Trinajstić information content (AvgIpc) is 1.47. The van der Waals surface area contributed by atoms with Crippen molar-refractivity contribution in [3.8, 4) is 56.3 Å². The highest BCUT2D eigenvalue weighted by molar-refractivity contribution is 5.69. The number of aryl methyl sites for hydroxylation is 15. The maximum atomic E-state index is 9.29. The van der Waals surface area contributed by atoms with Crippen LogP contribution >= 0.6 is 0 Å². The quantitative estimate of drug-likeness (QED) is 0.153. The molecule has 10 bridgehead atoms. The lowest BCUT2D eigenvalue weighted by Gasteiger charge is -2.41. The Hall–Kier alpha value is -8.15. The molecule has 546 valence electrons. The molecule has 11 aliphatic rings. The minimum absolute atomic E-state index is 0.0176. The summed E-state index contributed by atoms with van der Waals surface area (Å²) in [5.74, 6) is -0.0954. The van der Waals surface area contributed by atoms with Crippen molar-refractivity contribution in [1.82, 2.24) is 0 Å². The van der Waals surface area contributed by atoms with Gasteiger partial charge in [-0.2, -0.15) is 0 Å². The van der Waals surface area contributed by atoms with Crippen molar-refractivity contribution < 1.29 is 39.3 Å². The first-order valence-electron chi connectivity index (χ1n) is 45.6. The van der Waals surface area contributed by atoms with Crippen molar-refractivity contribution in [3.05, 3.63) is 264 Å². The lowest BCUT2D eigenvalue weighted by atomic mass is 9.63. The van der Waals surface area contributed by atoms with Gasteiger partial charge in [0.15, 0.2) is 31.0 Å². The SMILES string of the molecule is Cc1ccc(-c2cc3c(c[n+]2C)C2(C)CCC3C2(C)C)c(C)c1.Cc1ccc(-c2cc3c(c[n+]2C)C2CCC3C2)c(C)c1.[2H]C([2H])([2H])c1ccc(-c2cc3c(c[n+]2C)C([2H])([2H])C2CC3([2H])C2)c(C)c1.[2H]C([2H])([2H])c1ccc(-c2cc3c(c[n+]2C)C2([2H])CCC3([2H])C2)c(C)c1.[2H]C12CCC(C)(c3c[n+](C)c(-c4ccc(C)cc4C)cc31)C2(C)C. The summed E-state index contributed by atoms with van der Waals surface area (Å²) in [6.07, 6.45) is 21.7. The van der Waals surface area contributed by atoms with Crippen LogP contribution < -0.4 is 22.8 Å². The van der Waals surface area contributed by atoms with E-state index >= 15 is 0 Å². The van der Waals surface area contributed by atoms with E-state index in [9.17, 15) is 1.37 Å². The first kappa shape index (κ1) is 58.9. The van der Waals surface area contributed by atoms with Crippen LogP contribution in [0, 0.1) is 85.8 Å². The Morgan fingerprint density at radius 1 is 0.349 bits per heavy atom. The highest BCUT2D eigenvalue weighted by atomic mass is 15.0. The summed E-state index contributed by atoms with van der Waals surface area (Å²) in [6, 6.07) is 41.9. The van der Waals surface area contributed by atoms with Crippen LogP contribution in [0.5, 0.6) is 0 Å². The van der Waals surface area contributed by atoms with Gasteiger partial charge in [-0.15, -0.1) is 0 Å². The summed E-state index contributed by atoms with van der Waals surface area (Å²) < 4.78 is 109. The fraction of sp³-hybridized carbons (Fsp3) is 0.455. The van der Waals surface area contributed by atoms with Gasteiger partial charge in [0.05, 0.1) is 0 Å². The molecule has 5 aromatic heterocycles. The largest absolute Gasteiger partial charge is 0.212 e. The number of fused-ring (bicyclic) bond motifs is 20. The first-order valence-corrected chi connectivity index (χ1v) is 39.6. The first-order chi connectivity index (χ1) is 55.0. The summed E-state index contributed by atoms with van der Waals surface area (Å²) in [5.41, 5.74) is 35.4. The van der Waals surface area contributed by atoms with Gasteiger partial charge < -0.3 is 0 Å². The zero-order valence-electron chi connectivity index (χ0n) is 79.0.